The van der Waals surface area contributed by atoms with E-state index in [1.54, 1.807) is 0 Å². The molecular formula is C15H18BrN3. The van der Waals surface area contributed by atoms with E-state index < -0.39 is 0 Å². The van der Waals surface area contributed by atoms with E-state index in [1.807, 2.05) is 19.1 Å². The van der Waals surface area contributed by atoms with Crippen LogP contribution in [-0.4, -0.2) is 9.78 Å². The molecule has 0 unspecified atom stereocenters. The summed E-state index contributed by atoms with van der Waals surface area (Å²) in [6.07, 6.45) is 5.06. The molecule has 3 nitrogen and oxygen atoms in total. The largest absolute Gasteiger partial charge is 0.398 e. The lowest BCUT2D eigenvalue weighted by molar-refractivity contribution is 0.469. The number of aromatic nitrogens is 2. The summed E-state index contributed by atoms with van der Waals surface area (Å²) in [6.45, 7) is 2.05. The summed E-state index contributed by atoms with van der Waals surface area (Å²) in [7, 11) is 0. The van der Waals surface area contributed by atoms with Gasteiger partial charge in [-0.3, -0.25) is 4.68 Å². The number of nitrogen functional groups attached to an aromatic ring is 1. The van der Waals surface area contributed by atoms with Gasteiger partial charge >= 0.3 is 0 Å². The van der Waals surface area contributed by atoms with E-state index in [4.69, 9.17) is 5.73 Å². The van der Waals surface area contributed by atoms with Crippen molar-refractivity contribution in [1.29, 1.82) is 0 Å². The lowest BCUT2D eigenvalue weighted by atomic mass is 10.1. The Labute approximate surface area is 121 Å². The molecule has 0 saturated heterocycles. The maximum Gasteiger partial charge on any atom is 0.0709 e. The minimum Gasteiger partial charge on any atom is -0.398 e. The number of rotatable bonds is 2. The van der Waals surface area contributed by atoms with E-state index in [9.17, 15) is 0 Å². The summed E-state index contributed by atoms with van der Waals surface area (Å²) >= 11 is 3.46. The van der Waals surface area contributed by atoms with Crippen LogP contribution < -0.4 is 5.73 Å². The zero-order chi connectivity index (χ0) is 13.4. The highest BCUT2D eigenvalue weighted by molar-refractivity contribution is 9.10. The van der Waals surface area contributed by atoms with Crippen LogP contribution >= 0.6 is 15.9 Å². The van der Waals surface area contributed by atoms with Gasteiger partial charge in [-0.15, -0.1) is 0 Å². The fourth-order valence-electron chi connectivity index (χ4n) is 2.91. The van der Waals surface area contributed by atoms with E-state index in [1.165, 1.54) is 25.7 Å². The molecule has 19 heavy (non-hydrogen) atoms. The standard InChI is InChI=1S/C15H18BrN3/c1-10-8-15(13-7-6-11(16)9-14(13)17)19(18-10)12-4-2-3-5-12/h6-9,12H,2-5,17H2,1H3. The van der Waals surface area contributed by atoms with Crippen molar-refractivity contribution in [2.24, 2.45) is 0 Å². The van der Waals surface area contributed by atoms with Crippen molar-refractivity contribution in [3.8, 4) is 11.3 Å². The summed E-state index contributed by atoms with van der Waals surface area (Å²) < 4.78 is 3.19. The molecule has 4 heteroatoms. The van der Waals surface area contributed by atoms with E-state index >= 15 is 0 Å². The lowest BCUT2D eigenvalue weighted by Gasteiger charge is -2.15. The van der Waals surface area contributed by atoms with Crippen molar-refractivity contribution in [2.45, 2.75) is 38.6 Å². The number of benzene rings is 1. The molecule has 1 aromatic carbocycles. The smallest absolute Gasteiger partial charge is 0.0709 e. The molecule has 2 N–H and O–H groups in total. The number of aryl methyl sites for hydroxylation is 1. The van der Waals surface area contributed by atoms with Crippen LogP contribution in [0.4, 0.5) is 5.69 Å². The number of hydrogen-bond donors (Lipinski definition) is 1. The molecule has 0 spiro atoms. The minimum atomic E-state index is 0.534. The Hall–Kier alpha value is -1.29. The summed E-state index contributed by atoms with van der Waals surface area (Å²) in [5.74, 6) is 0. The van der Waals surface area contributed by atoms with Crippen LogP contribution in [0, 0.1) is 6.92 Å². The van der Waals surface area contributed by atoms with Gasteiger partial charge in [-0.1, -0.05) is 28.8 Å². The van der Waals surface area contributed by atoms with Crippen LogP contribution in [0.3, 0.4) is 0 Å². The molecule has 0 amide bonds. The average Bonchev–Trinajstić information content (AvgIpc) is 2.97. The summed E-state index contributed by atoms with van der Waals surface area (Å²) in [4.78, 5) is 0. The second-order valence-corrected chi connectivity index (χ2v) is 6.20. The van der Waals surface area contributed by atoms with Crippen LogP contribution in [0.25, 0.3) is 11.3 Å². The topological polar surface area (TPSA) is 43.8 Å². The van der Waals surface area contributed by atoms with Crippen molar-refractivity contribution < 1.29 is 0 Å². The van der Waals surface area contributed by atoms with Crippen LogP contribution in [0.5, 0.6) is 0 Å². The quantitative estimate of drug-likeness (QED) is 0.838. The van der Waals surface area contributed by atoms with Crippen LogP contribution in [0.1, 0.15) is 37.4 Å². The molecule has 100 valence electrons. The first-order valence-electron chi connectivity index (χ1n) is 6.76. The Bertz CT molecular complexity index is 597. The third-order valence-corrected chi connectivity index (χ3v) is 4.31. The highest BCUT2D eigenvalue weighted by Crippen LogP contribution is 2.36. The molecule has 1 fully saturated rings. The second kappa shape index (κ2) is 5.00. The molecule has 2 aromatic rings. The van der Waals surface area contributed by atoms with Gasteiger partial charge < -0.3 is 5.73 Å². The highest BCUT2D eigenvalue weighted by atomic mass is 79.9. The van der Waals surface area contributed by atoms with E-state index in [-0.39, 0.29) is 0 Å². The van der Waals surface area contributed by atoms with Gasteiger partial charge in [0.05, 0.1) is 17.4 Å². The predicted molar refractivity (Wildman–Crippen MR) is 82.0 cm³/mol. The zero-order valence-electron chi connectivity index (χ0n) is 11.1. The van der Waals surface area contributed by atoms with Gasteiger partial charge in [0.1, 0.15) is 0 Å². The fourth-order valence-corrected chi connectivity index (χ4v) is 3.29. The lowest BCUT2D eigenvalue weighted by Crippen LogP contribution is -2.09. The summed E-state index contributed by atoms with van der Waals surface area (Å²) in [6, 6.07) is 8.73. The molecule has 1 saturated carbocycles. The predicted octanol–water partition coefficient (Wildman–Crippen LogP) is 4.32. The summed E-state index contributed by atoms with van der Waals surface area (Å²) in [5, 5.41) is 4.68. The summed E-state index contributed by atoms with van der Waals surface area (Å²) in [5.41, 5.74) is 10.2. The number of nitrogens with two attached hydrogens (primary N) is 1. The molecule has 0 atom stereocenters. The monoisotopic (exact) mass is 319 g/mol. The van der Waals surface area contributed by atoms with Gasteiger partial charge in [0, 0.05) is 15.7 Å². The average molecular weight is 320 g/mol. The van der Waals surface area contributed by atoms with Gasteiger partial charge in [-0.05, 0) is 44.0 Å². The molecule has 1 aliphatic carbocycles. The van der Waals surface area contributed by atoms with E-state index in [0.717, 1.165) is 27.1 Å². The van der Waals surface area contributed by atoms with Crippen LogP contribution in [-0.2, 0) is 0 Å². The number of anilines is 1. The molecule has 1 aromatic heterocycles. The maximum absolute atomic E-state index is 6.16. The van der Waals surface area contributed by atoms with Crippen molar-refractivity contribution in [3.05, 3.63) is 34.4 Å². The number of nitrogens with zero attached hydrogens (tertiary/aromatic N) is 2. The van der Waals surface area contributed by atoms with Crippen molar-refractivity contribution >= 4 is 21.6 Å². The first kappa shape index (κ1) is 12.7. The van der Waals surface area contributed by atoms with Gasteiger partial charge in [0.25, 0.3) is 0 Å². The van der Waals surface area contributed by atoms with Crippen LogP contribution in [0.2, 0.25) is 0 Å². The Kier molecular flexibility index (Phi) is 3.35. The Balaban J connectivity index is 2.08. The maximum atomic E-state index is 6.16. The fraction of sp³-hybridized carbons (Fsp3) is 0.400. The first-order valence-corrected chi connectivity index (χ1v) is 7.56. The third kappa shape index (κ3) is 2.41. The Morgan fingerprint density at radius 2 is 2.00 bits per heavy atom. The second-order valence-electron chi connectivity index (χ2n) is 5.29. The molecule has 3 rings (SSSR count). The van der Waals surface area contributed by atoms with Gasteiger partial charge in [0.2, 0.25) is 0 Å². The Morgan fingerprint density at radius 3 is 2.68 bits per heavy atom. The molecule has 1 heterocycles. The van der Waals surface area contributed by atoms with Crippen molar-refractivity contribution in [1.82, 2.24) is 9.78 Å². The number of hydrogen-bond acceptors (Lipinski definition) is 2. The first-order chi connectivity index (χ1) is 9.15. The molecule has 0 radical (unpaired) electrons. The van der Waals surface area contributed by atoms with Gasteiger partial charge in [-0.2, -0.15) is 5.10 Å². The van der Waals surface area contributed by atoms with Crippen molar-refractivity contribution in [2.75, 3.05) is 5.73 Å². The molecule has 1 aliphatic rings. The van der Waals surface area contributed by atoms with E-state index in [2.05, 4.69) is 37.8 Å². The van der Waals surface area contributed by atoms with Gasteiger partial charge in [0.15, 0.2) is 0 Å². The SMILES string of the molecule is Cc1cc(-c2ccc(Br)cc2N)n(C2CCCC2)n1. The highest BCUT2D eigenvalue weighted by Gasteiger charge is 2.22. The third-order valence-electron chi connectivity index (χ3n) is 3.82. The molecule has 0 bridgehead atoms. The van der Waals surface area contributed by atoms with Crippen LogP contribution in [0.15, 0.2) is 28.7 Å². The van der Waals surface area contributed by atoms with E-state index in [0.29, 0.717) is 6.04 Å². The Morgan fingerprint density at radius 1 is 1.26 bits per heavy atom. The minimum absolute atomic E-state index is 0.534. The molecular weight excluding hydrogens is 302 g/mol. The molecule has 0 aliphatic heterocycles. The van der Waals surface area contributed by atoms with Crippen molar-refractivity contribution in [3.63, 3.8) is 0 Å². The van der Waals surface area contributed by atoms with Gasteiger partial charge in [-0.25, -0.2) is 0 Å². The normalized spacial score (nSPS) is 16.1. The zero-order valence-corrected chi connectivity index (χ0v) is 12.7. The number of halogens is 1.